The second-order valence-electron chi connectivity index (χ2n) is 5.26. The molecule has 1 unspecified atom stereocenters. The summed E-state index contributed by atoms with van der Waals surface area (Å²) in [6.07, 6.45) is 4.16. The highest BCUT2D eigenvalue weighted by Gasteiger charge is 2.29. The minimum Gasteiger partial charge on any atom is -0.464 e. The predicted octanol–water partition coefficient (Wildman–Crippen LogP) is 3.09. The minimum absolute atomic E-state index is 0.0134. The maximum atomic E-state index is 5.76. The summed E-state index contributed by atoms with van der Waals surface area (Å²) >= 11 is 0. The Kier molecular flexibility index (Phi) is 3.10. The van der Waals surface area contributed by atoms with E-state index in [9.17, 15) is 0 Å². The van der Waals surface area contributed by atoms with Crippen LogP contribution in [0.3, 0.4) is 0 Å². The maximum Gasteiger partial charge on any atom is 0.134 e. The van der Waals surface area contributed by atoms with E-state index in [0.29, 0.717) is 0 Å². The maximum absolute atomic E-state index is 5.76. The van der Waals surface area contributed by atoms with Gasteiger partial charge >= 0.3 is 0 Å². The van der Waals surface area contributed by atoms with Crippen LogP contribution in [0, 0.1) is 0 Å². The molecule has 1 aliphatic rings. The molecule has 3 rings (SSSR count). The van der Waals surface area contributed by atoms with Crippen LogP contribution in [0.4, 0.5) is 0 Å². The van der Waals surface area contributed by atoms with Crippen molar-refractivity contribution in [3.63, 3.8) is 0 Å². The van der Waals surface area contributed by atoms with Crippen molar-refractivity contribution in [3.05, 3.63) is 36.1 Å². The first-order valence-corrected chi connectivity index (χ1v) is 6.57. The highest BCUT2D eigenvalue weighted by molar-refractivity contribution is 5.80. The Morgan fingerprint density at radius 2 is 2.22 bits per heavy atom. The van der Waals surface area contributed by atoms with Crippen molar-refractivity contribution in [1.82, 2.24) is 5.32 Å². The van der Waals surface area contributed by atoms with E-state index in [4.69, 9.17) is 9.15 Å². The normalized spacial score (nSPS) is 23.8. The third-order valence-corrected chi connectivity index (χ3v) is 3.68. The van der Waals surface area contributed by atoms with Crippen LogP contribution in [-0.4, -0.2) is 18.8 Å². The lowest BCUT2D eigenvalue weighted by Crippen LogP contribution is -2.36. The van der Waals surface area contributed by atoms with Gasteiger partial charge in [0, 0.05) is 30.6 Å². The van der Waals surface area contributed by atoms with Crippen LogP contribution in [-0.2, 0) is 11.3 Å². The molecule has 18 heavy (non-hydrogen) atoms. The number of furan rings is 1. The predicted molar refractivity (Wildman–Crippen MR) is 71.5 cm³/mol. The monoisotopic (exact) mass is 245 g/mol. The lowest BCUT2D eigenvalue weighted by atomic mass is 10.0. The Labute approximate surface area is 107 Å². The van der Waals surface area contributed by atoms with E-state index >= 15 is 0 Å². The summed E-state index contributed by atoms with van der Waals surface area (Å²) in [5.41, 5.74) is 2.18. The summed E-state index contributed by atoms with van der Waals surface area (Å²) in [7, 11) is 0. The molecule has 1 aliphatic heterocycles. The van der Waals surface area contributed by atoms with E-state index in [1.54, 1.807) is 0 Å². The molecular formula is C15H19NO2. The van der Waals surface area contributed by atoms with Gasteiger partial charge in [-0.3, -0.25) is 0 Å². The number of fused-ring (bicyclic) bond motifs is 1. The van der Waals surface area contributed by atoms with Gasteiger partial charge < -0.3 is 14.5 Å². The average molecular weight is 245 g/mol. The summed E-state index contributed by atoms with van der Waals surface area (Å²) in [5, 5.41) is 4.67. The van der Waals surface area contributed by atoms with Gasteiger partial charge in [0.05, 0.1) is 11.9 Å². The SMILES string of the molecule is CC1(CNCc2coc3ccccc23)CCCO1. The van der Waals surface area contributed by atoms with Crippen LogP contribution in [0.15, 0.2) is 34.9 Å². The van der Waals surface area contributed by atoms with E-state index in [1.807, 2.05) is 24.5 Å². The van der Waals surface area contributed by atoms with Crippen LogP contribution >= 0.6 is 0 Å². The average Bonchev–Trinajstić information content (AvgIpc) is 2.97. The number of hydrogen-bond acceptors (Lipinski definition) is 3. The van der Waals surface area contributed by atoms with Gasteiger partial charge in [0.1, 0.15) is 5.58 Å². The molecule has 3 heteroatoms. The zero-order valence-electron chi connectivity index (χ0n) is 10.7. The number of para-hydroxylation sites is 1. The second-order valence-corrected chi connectivity index (χ2v) is 5.26. The zero-order valence-corrected chi connectivity index (χ0v) is 10.7. The van der Waals surface area contributed by atoms with Crippen molar-refractivity contribution in [1.29, 1.82) is 0 Å². The van der Waals surface area contributed by atoms with Gasteiger partial charge in [-0.05, 0) is 25.8 Å². The van der Waals surface area contributed by atoms with Gasteiger partial charge in [-0.1, -0.05) is 18.2 Å². The summed E-state index contributed by atoms with van der Waals surface area (Å²) < 4.78 is 11.3. The largest absolute Gasteiger partial charge is 0.464 e. The first-order valence-electron chi connectivity index (χ1n) is 6.57. The molecule has 0 amide bonds. The van der Waals surface area contributed by atoms with Crippen molar-refractivity contribution in [2.45, 2.75) is 31.9 Å². The Morgan fingerprint density at radius 1 is 1.33 bits per heavy atom. The molecule has 1 N–H and O–H groups in total. The minimum atomic E-state index is 0.0134. The molecule has 1 atom stereocenters. The van der Waals surface area contributed by atoms with Crippen LogP contribution in [0.2, 0.25) is 0 Å². The molecule has 0 aliphatic carbocycles. The molecule has 1 fully saturated rings. The highest BCUT2D eigenvalue weighted by atomic mass is 16.5. The third kappa shape index (κ3) is 2.28. The fourth-order valence-corrected chi connectivity index (χ4v) is 2.61. The standard InChI is InChI=1S/C15H19NO2/c1-15(7-4-8-18-15)11-16-9-12-10-17-14-6-3-2-5-13(12)14/h2-3,5-6,10,16H,4,7-9,11H2,1H3. The van der Waals surface area contributed by atoms with Crippen molar-refractivity contribution < 1.29 is 9.15 Å². The quantitative estimate of drug-likeness (QED) is 0.898. The Morgan fingerprint density at radius 3 is 3.06 bits per heavy atom. The fourth-order valence-electron chi connectivity index (χ4n) is 2.61. The molecule has 2 aromatic rings. The van der Waals surface area contributed by atoms with Gasteiger partial charge in [-0.25, -0.2) is 0 Å². The molecule has 0 radical (unpaired) electrons. The van der Waals surface area contributed by atoms with Crippen LogP contribution in [0.1, 0.15) is 25.3 Å². The first-order chi connectivity index (χ1) is 8.77. The number of hydrogen-bond donors (Lipinski definition) is 1. The van der Waals surface area contributed by atoms with Crippen molar-refractivity contribution in [3.8, 4) is 0 Å². The zero-order chi connectivity index (χ0) is 12.4. The van der Waals surface area contributed by atoms with Gasteiger partial charge in [0.15, 0.2) is 0 Å². The molecule has 0 spiro atoms. The van der Waals surface area contributed by atoms with E-state index in [1.165, 1.54) is 17.4 Å². The molecule has 1 aromatic heterocycles. The van der Waals surface area contributed by atoms with Gasteiger partial charge in [-0.15, -0.1) is 0 Å². The number of ether oxygens (including phenoxy) is 1. The van der Waals surface area contributed by atoms with Crippen molar-refractivity contribution in [2.24, 2.45) is 0 Å². The highest BCUT2D eigenvalue weighted by Crippen LogP contribution is 2.25. The molecular weight excluding hydrogens is 226 g/mol. The molecule has 1 saturated heterocycles. The van der Waals surface area contributed by atoms with E-state index < -0.39 is 0 Å². The van der Waals surface area contributed by atoms with Crippen LogP contribution in [0.25, 0.3) is 11.0 Å². The Balaban J connectivity index is 1.63. The third-order valence-electron chi connectivity index (χ3n) is 3.68. The van der Waals surface area contributed by atoms with Crippen molar-refractivity contribution in [2.75, 3.05) is 13.2 Å². The summed E-state index contributed by atoms with van der Waals surface area (Å²) in [6, 6.07) is 8.14. The van der Waals surface area contributed by atoms with E-state index in [2.05, 4.69) is 18.3 Å². The van der Waals surface area contributed by atoms with Crippen molar-refractivity contribution >= 4 is 11.0 Å². The molecule has 96 valence electrons. The summed E-state index contributed by atoms with van der Waals surface area (Å²) in [5.74, 6) is 0. The lowest BCUT2D eigenvalue weighted by molar-refractivity contribution is 0.0207. The molecule has 0 saturated carbocycles. The number of nitrogens with one attached hydrogen (secondary N) is 1. The van der Waals surface area contributed by atoms with E-state index in [-0.39, 0.29) is 5.60 Å². The first kappa shape index (κ1) is 11.8. The van der Waals surface area contributed by atoms with Gasteiger partial charge in [0.25, 0.3) is 0 Å². The molecule has 2 heterocycles. The molecule has 1 aromatic carbocycles. The topological polar surface area (TPSA) is 34.4 Å². The summed E-state index contributed by atoms with van der Waals surface area (Å²) in [4.78, 5) is 0. The van der Waals surface area contributed by atoms with Crippen LogP contribution < -0.4 is 5.32 Å². The number of rotatable bonds is 4. The van der Waals surface area contributed by atoms with Crippen LogP contribution in [0.5, 0.6) is 0 Å². The summed E-state index contributed by atoms with van der Waals surface area (Å²) in [6.45, 7) is 4.80. The number of benzene rings is 1. The van der Waals surface area contributed by atoms with Gasteiger partial charge in [0.2, 0.25) is 0 Å². The fraction of sp³-hybridized carbons (Fsp3) is 0.467. The molecule has 0 bridgehead atoms. The lowest BCUT2D eigenvalue weighted by Gasteiger charge is -2.23. The second kappa shape index (κ2) is 4.75. The van der Waals surface area contributed by atoms with E-state index in [0.717, 1.165) is 31.7 Å². The Hall–Kier alpha value is -1.32. The Bertz CT molecular complexity index is 526. The smallest absolute Gasteiger partial charge is 0.134 e. The van der Waals surface area contributed by atoms with Gasteiger partial charge in [-0.2, -0.15) is 0 Å². The molecule has 3 nitrogen and oxygen atoms in total.